The molecule has 2 unspecified atom stereocenters. The molecular formula is C56H101NO9. The van der Waals surface area contributed by atoms with E-state index in [0.29, 0.717) is 19.8 Å². The number of unbranched alkanes of at least 4 members (excludes halogenated alkanes) is 22. The van der Waals surface area contributed by atoms with Gasteiger partial charge < -0.3 is 23.8 Å². The number of rotatable bonds is 49. The molecule has 0 aromatic heterocycles. The predicted octanol–water partition coefficient (Wildman–Crippen LogP) is 13.8. The number of ketones is 2. The average molecular weight is 932 g/mol. The van der Waals surface area contributed by atoms with E-state index in [-0.39, 0.29) is 61.4 Å². The topological polar surface area (TPSA) is 126 Å². The van der Waals surface area contributed by atoms with Gasteiger partial charge >= 0.3 is 17.9 Å². The third-order valence-corrected chi connectivity index (χ3v) is 13.3. The second-order valence-corrected chi connectivity index (χ2v) is 19.3. The van der Waals surface area contributed by atoms with Gasteiger partial charge in [0.15, 0.2) is 11.6 Å². The van der Waals surface area contributed by atoms with E-state index in [1.807, 2.05) is 0 Å². The number of ether oxygens (including phenoxy) is 4. The van der Waals surface area contributed by atoms with Crippen molar-refractivity contribution in [1.29, 1.82) is 0 Å². The third kappa shape index (κ3) is 34.7. The van der Waals surface area contributed by atoms with Gasteiger partial charge in [0.2, 0.25) is 0 Å². The minimum atomic E-state index is -0.751. The van der Waals surface area contributed by atoms with Gasteiger partial charge in [0.05, 0.1) is 44.2 Å². The van der Waals surface area contributed by atoms with Crippen LogP contribution >= 0.6 is 0 Å². The van der Waals surface area contributed by atoms with Gasteiger partial charge in [-0.1, -0.05) is 182 Å². The lowest BCUT2D eigenvalue weighted by Crippen LogP contribution is -2.30. The van der Waals surface area contributed by atoms with E-state index >= 15 is 0 Å². The maximum Gasteiger partial charge on any atom is 0.308 e. The molecule has 0 aromatic rings. The van der Waals surface area contributed by atoms with E-state index in [1.165, 1.54) is 115 Å². The van der Waals surface area contributed by atoms with Gasteiger partial charge in [-0.05, 0) is 83.0 Å². The number of allylic oxidation sites excluding steroid dienone is 2. The molecule has 1 aliphatic carbocycles. The average Bonchev–Trinajstić information content (AvgIpc) is 3.64. The van der Waals surface area contributed by atoms with Crippen LogP contribution < -0.4 is 0 Å². The summed E-state index contributed by atoms with van der Waals surface area (Å²) in [6, 6.07) is 0. The van der Waals surface area contributed by atoms with Gasteiger partial charge in [0.1, 0.15) is 6.61 Å². The predicted molar refractivity (Wildman–Crippen MR) is 269 cm³/mol. The summed E-state index contributed by atoms with van der Waals surface area (Å²) < 4.78 is 22.8. The van der Waals surface area contributed by atoms with Gasteiger partial charge in [-0.15, -0.1) is 0 Å². The highest BCUT2D eigenvalue weighted by atomic mass is 16.6. The zero-order chi connectivity index (χ0) is 48.1. The summed E-state index contributed by atoms with van der Waals surface area (Å²) in [4.78, 5) is 64.4. The Bertz CT molecular complexity index is 1160. The van der Waals surface area contributed by atoms with E-state index in [2.05, 4.69) is 32.6 Å². The molecule has 1 rings (SSSR count). The first kappa shape index (κ1) is 61.4. The minimum Gasteiger partial charge on any atom is -0.465 e. The summed E-state index contributed by atoms with van der Waals surface area (Å²) in [5, 5.41) is 0. The minimum absolute atomic E-state index is 0.0132. The zero-order valence-electron chi connectivity index (χ0n) is 43.2. The fraction of sp³-hybridized carbons (Fsp3) is 0.875. The van der Waals surface area contributed by atoms with Crippen molar-refractivity contribution in [2.75, 3.05) is 52.7 Å². The Labute approximate surface area is 404 Å². The molecule has 0 radical (unpaired) electrons. The molecule has 0 fully saturated rings. The molecule has 66 heavy (non-hydrogen) atoms. The lowest BCUT2D eigenvalue weighted by atomic mass is 9.94. The summed E-state index contributed by atoms with van der Waals surface area (Å²) >= 11 is 0. The molecule has 0 aliphatic heterocycles. The monoisotopic (exact) mass is 932 g/mol. The molecule has 0 aromatic carbocycles. The van der Waals surface area contributed by atoms with E-state index < -0.39 is 11.9 Å². The number of hydrogen-bond acceptors (Lipinski definition) is 10. The second kappa shape index (κ2) is 44.9. The van der Waals surface area contributed by atoms with Crippen LogP contribution in [-0.2, 0) is 42.9 Å². The fourth-order valence-electron chi connectivity index (χ4n) is 8.90. The fourth-order valence-corrected chi connectivity index (χ4v) is 8.90. The van der Waals surface area contributed by atoms with Crippen LogP contribution in [0.3, 0.4) is 0 Å². The first-order chi connectivity index (χ1) is 32.3. The first-order valence-corrected chi connectivity index (χ1v) is 27.8. The molecular weight excluding hydrogens is 831 g/mol. The van der Waals surface area contributed by atoms with Gasteiger partial charge in [-0.25, -0.2) is 0 Å². The van der Waals surface area contributed by atoms with E-state index in [9.17, 15) is 24.0 Å². The van der Waals surface area contributed by atoms with Crippen LogP contribution in [0.15, 0.2) is 12.2 Å². The van der Waals surface area contributed by atoms with Gasteiger partial charge in [0.25, 0.3) is 0 Å². The SMILES string of the molecule is CCCCCCCCC(CCCCCC)C(=O)OCCCCCCN(CCCCCCOC(=O)C(CCCCCC)CCCCCCCC)CCOCCOC(=O)CCC1C(=O)C=CC1=O. The summed E-state index contributed by atoms with van der Waals surface area (Å²) in [5.74, 6) is -1.55. The molecule has 10 heteroatoms. The Morgan fingerprint density at radius 1 is 0.439 bits per heavy atom. The molecule has 2 atom stereocenters. The van der Waals surface area contributed by atoms with Crippen LogP contribution in [-0.4, -0.2) is 87.0 Å². The quantitative estimate of drug-likeness (QED) is 0.0252. The highest BCUT2D eigenvalue weighted by Crippen LogP contribution is 2.23. The van der Waals surface area contributed by atoms with Crippen molar-refractivity contribution in [1.82, 2.24) is 4.90 Å². The van der Waals surface area contributed by atoms with Gasteiger partial charge in [-0.3, -0.25) is 24.0 Å². The Kier molecular flexibility index (Phi) is 41.8. The van der Waals surface area contributed by atoms with Crippen molar-refractivity contribution in [3.8, 4) is 0 Å². The van der Waals surface area contributed by atoms with Crippen LogP contribution in [0.1, 0.15) is 246 Å². The van der Waals surface area contributed by atoms with Crippen molar-refractivity contribution in [2.45, 2.75) is 246 Å². The number of nitrogens with zero attached hydrogens (tertiary/aromatic N) is 1. The summed E-state index contributed by atoms with van der Waals surface area (Å²) in [6.07, 6.45) is 39.0. The lowest BCUT2D eigenvalue weighted by molar-refractivity contribution is -0.150. The number of hydrogen-bond donors (Lipinski definition) is 0. The van der Waals surface area contributed by atoms with Crippen LogP contribution in [0.4, 0.5) is 0 Å². The molecule has 384 valence electrons. The lowest BCUT2D eigenvalue weighted by Gasteiger charge is -2.22. The summed E-state index contributed by atoms with van der Waals surface area (Å²) in [6.45, 7) is 13.6. The summed E-state index contributed by atoms with van der Waals surface area (Å²) in [7, 11) is 0. The van der Waals surface area contributed by atoms with Crippen LogP contribution in [0.25, 0.3) is 0 Å². The molecule has 0 amide bonds. The number of carbonyl (C=O) groups is 5. The smallest absolute Gasteiger partial charge is 0.308 e. The van der Waals surface area contributed by atoms with Gasteiger partial charge in [0, 0.05) is 13.0 Å². The normalized spacial score (nSPS) is 13.8. The van der Waals surface area contributed by atoms with Crippen LogP contribution in [0.5, 0.6) is 0 Å². The van der Waals surface area contributed by atoms with E-state index in [4.69, 9.17) is 18.9 Å². The van der Waals surface area contributed by atoms with Crippen molar-refractivity contribution in [3.63, 3.8) is 0 Å². The van der Waals surface area contributed by atoms with Crippen LogP contribution in [0.2, 0.25) is 0 Å². The molecule has 0 spiro atoms. The van der Waals surface area contributed by atoms with Crippen LogP contribution in [0, 0.1) is 17.8 Å². The number of carbonyl (C=O) groups excluding carboxylic acids is 5. The standard InChI is InChI=1S/C56H101NO9/c1-5-9-13-17-19-27-35-49(33-25-15-11-7-3)55(61)65-44-31-23-21-29-41-57(43-46-63-47-48-64-54(60)40-37-51-52(58)38-39-53(51)59)42-30-22-24-32-45-66-56(62)50(34-26-16-12-8-4)36-28-20-18-14-10-6-2/h38-39,49-51H,5-37,40-48H2,1-4H3. The highest BCUT2D eigenvalue weighted by Gasteiger charge is 2.28. The van der Waals surface area contributed by atoms with Crippen molar-refractivity contribution < 1.29 is 42.9 Å². The molecule has 1 aliphatic rings. The van der Waals surface area contributed by atoms with E-state index in [0.717, 1.165) is 122 Å². The zero-order valence-corrected chi connectivity index (χ0v) is 43.2. The molecule has 0 bridgehead atoms. The Balaban J connectivity index is 2.50. The Hall–Kier alpha value is -2.59. The van der Waals surface area contributed by atoms with Crippen molar-refractivity contribution in [3.05, 3.63) is 12.2 Å². The van der Waals surface area contributed by atoms with Crippen molar-refractivity contribution >= 4 is 29.5 Å². The first-order valence-electron chi connectivity index (χ1n) is 27.8. The Morgan fingerprint density at radius 3 is 1.26 bits per heavy atom. The third-order valence-electron chi connectivity index (χ3n) is 13.3. The second-order valence-electron chi connectivity index (χ2n) is 19.3. The summed E-state index contributed by atoms with van der Waals surface area (Å²) in [5.41, 5.74) is 0. The molecule has 10 nitrogen and oxygen atoms in total. The van der Waals surface area contributed by atoms with E-state index in [1.54, 1.807) is 0 Å². The molecule has 0 heterocycles. The largest absolute Gasteiger partial charge is 0.465 e. The molecule has 0 saturated heterocycles. The molecule has 0 N–H and O–H groups in total. The Morgan fingerprint density at radius 2 is 0.818 bits per heavy atom. The highest BCUT2D eigenvalue weighted by molar-refractivity contribution is 6.18. The van der Waals surface area contributed by atoms with Gasteiger partial charge in [-0.2, -0.15) is 0 Å². The number of esters is 3. The maximum atomic E-state index is 13.1. The maximum absolute atomic E-state index is 13.1. The van der Waals surface area contributed by atoms with Crippen molar-refractivity contribution in [2.24, 2.45) is 17.8 Å². The molecule has 0 saturated carbocycles.